The summed E-state index contributed by atoms with van der Waals surface area (Å²) in [4.78, 5) is 12.7. The monoisotopic (exact) mass is 380 g/mol. The molecular formula is C19H25FN2O3S. The number of hydrogen-bond acceptors (Lipinski definition) is 3. The molecule has 142 valence electrons. The van der Waals surface area contributed by atoms with Crippen molar-refractivity contribution in [2.75, 3.05) is 17.1 Å². The van der Waals surface area contributed by atoms with Crippen LogP contribution in [0.5, 0.6) is 0 Å². The van der Waals surface area contributed by atoms with Gasteiger partial charge < -0.3 is 5.32 Å². The van der Waals surface area contributed by atoms with Gasteiger partial charge in [0.25, 0.3) is 0 Å². The number of amides is 1. The number of anilines is 1. The van der Waals surface area contributed by atoms with Crippen molar-refractivity contribution in [2.24, 2.45) is 17.8 Å². The van der Waals surface area contributed by atoms with Crippen LogP contribution in [-0.2, 0) is 14.8 Å². The third-order valence-corrected chi connectivity index (χ3v) is 7.38. The van der Waals surface area contributed by atoms with Gasteiger partial charge >= 0.3 is 0 Å². The molecule has 0 heterocycles. The minimum atomic E-state index is -3.77. The van der Waals surface area contributed by atoms with Crippen molar-refractivity contribution in [3.05, 3.63) is 30.1 Å². The number of nitrogens with zero attached hydrogens (tertiary/aromatic N) is 1. The lowest BCUT2D eigenvalue weighted by Gasteiger charge is -2.57. The fourth-order valence-electron chi connectivity index (χ4n) is 5.76. The smallest absolute Gasteiger partial charge is 0.241 e. The first kappa shape index (κ1) is 17.8. The van der Waals surface area contributed by atoms with Gasteiger partial charge in [0.2, 0.25) is 15.9 Å². The SMILES string of the molecule is CS(=O)(=O)N(CC(=O)NC12CC3CC(CC(C3)C1)C2)c1ccccc1F. The first-order chi connectivity index (χ1) is 12.2. The van der Waals surface area contributed by atoms with Crippen molar-refractivity contribution in [3.8, 4) is 0 Å². The van der Waals surface area contributed by atoms with Crippen LogP contribution in [0.1, 0.15) is 38.5 Å². The van der Waals surface area contributed by atoms with E-state index in [0.717, 1.165) is 29.8 Å². The molecule has 1 aromatic carbocycles. The molecule has 0 aliphatic heterocycles. The van der Waals surface area contributed by atoms with E-state index < -0.39 is 15.8 Å². The zero-order valence-electron chi connectivity index (χ0n) is 14.9. The van der Waals surface area contributed by atoms with E-state index in [-0.39, 0.29) is 23.7 Å². The molecule has 0 atom stereocenters. The summed E-state index contributed by atoms with van der Waals surface area (Å²) >= 11 is 0. The summed E-state index contributed by atoms with van der Waals surface area (Å²) in [6.07, 6.45) is 7.76. The predicted molar refractivity (Wildman–Crippen MR) is 97.6 cm³/mol. The Balaban J connectivity index is 1.52. The van der Waals surface area contributed by atoms with Crippen molar-refractivity contribution < 1.29 is 17.6 Å². The maximum Gasteiger partial charge on any atom is 0.241 e. The largest absolute Gasteiger partial charge is 0.349 e. The van der Waals surface area contributed by atoms with E-state index in [0.29, 0.717) is 17.8 Å². The topological polar surface area (TPSA) is 66.5 Å². The van der Waals surface area contributed by atoms with Crippen LogP contribution in [-0.4, -0.2) is 32.7 Å². The number of rotatable bonds is 5. The summed E-state index contributed by atoms with van der Waals surface area (Å²) in [5.41, 5.74) is -0.278. The average Bonchev–Trinajstić information content (AvgIpc) is 2.50. The Hall–Kier alpha value is -1.63. The Bertz CT molecular complexity index is 789. The molecule has 0 aromatic heterocycles. The van der Waals surface area contributed by atoms with E-state index in [4.69, 9.17) is 0 Å². The first-order valence-electron chi connectivity index (χ1n) is 9.27. The number of halogens is 1. The van der Waals surface area contributed by atoms with Crippen LogP contribution >= 0.6 is 0 Å². The highest BCUT2D eigenvalue weighted by Gasteiger charge is 2.51. The van der Waals surface area contributed by atoms with Crippen LogP contribution in [0.3, 0.4) is 0 Å². The highest BCUT2D eigenvalue weighted by atomic mass is 32.2. The summed E-state index contributed by atoms with van der Waals surface area (Å²) in [5, 5.41) is 3.15. The van der Waals surface area contributed by atoms with Crippen LogP contribution in [0.25, 0.3) is 0 Å². The predicted octanol–water partition coefficient (Wildman–Crippen LogP) is 2.68. The Kier molecular flexibility index (Phi) is 4.25. The molecule has 7 heteroatoms. The van der Waals surface area contributed by atoms with E-state index in [9.17, 15) is 17.6 Å². The quantitative estimate of drug-likeness (QED) is 0.854. The van der Waals surface area contributed by atoms with Crippen molar-refractivity contribution in [3.63, 3.8) is 0 Å². The molecule has 4 fully saturated rings. The molecule has 26 heavy (non-hydrogen) atoms. The molecule has 4 bridgehead atoms. The molecule has 1 aromatic rings. The van der Waals surface area contributed by atoms with Crippen LogP contribution in [0, 0.1) is 23.6 Å². The maximum absolute atomic E-state index is 14.1. The Labute approximate surface area is 154 Å². The van der Waals surface area contributed by atoms with Gasteiger partial charge in [-0.1, -0.05) is 12.1 Å². The molecule has 4 aliphatic carbocycles. The van der Waals surface area contributed by atoms with E-state index >= 15 is 0 Å². The van der Waals surface area contributed by atoms with Gasteiger partial charge in [-0.3, -0.25) is 9.10 Å². The fourth-order valence-corrected chi connectivity index (χ4v) is 6.62. The molecule has 0 unspecified atom stereocenters. The van der Waals surface area contributed by atoms with Gasteiger partial charge in [0.15, 0.2) is 0 Å². The lowest BCUT2D eigenvalue weighted by atomic mass is 9.53. The normalized spacial score (nSPS) is 32.5. The standard InChI is InChI=1S/C19H25FN2O3S/c1-26(24,25)22(17-5-3-2-4-16(17)20)12-18(23)21-19-9-13-6-14(10-19)8-15(7-13)11-19/h2-5,13-15H,6-12H2,1H3,(H,21,23). The summed E-state index contributed by atoms with van der Waals surface area (Å²) in [7, 11) is -3.77. The molecule has 1 N–H and O–H groups in total. The number of carbonyl (C=O) groups excluding carboxylic acids is 1. The van der Waals surface area contributed by atoms with Crippen molar-refractivity contribution >= 4 is 21.6 Å². The number of nitrogens with one attached hydrogen (secondary N) is 1. The second-order valence-corrected chi connectivity index (χ2v) is 10.4. The van der Waals surface area contributed by atoms with Crippen LogP contribution in [0.4, 0.5) is 10.1 Å². The third kappa shape index (κ3) is 3.33. The van der Waals surface area contributed by atoms with Crippen LogP contribution in [0.2, 0.25) is 0 Å². The van der Waals surface area contributed by atoms with Gasteiger partial charge in [-0.05, 0) is 68.4 Å². The lowest BCUT2D eigenvalue weighted by Crippen LogP contribution is -2.61. The zero-order chi connectivity index (χ0) is 18.5. The number of sulfonamides is 1. The average molecular weight is 380 g/mol. The molecule has 4 aliphatic rings. The van der Waals surface area contributed by atoms with Crippen molar-refractivity contribution in [1.29, 1.82) is 0 Å². The third-order valence-electron chi connectivity index (χ3n) is 6.25. The van der Waals surface area contributed by atoms with E-state index in [1.165, 1.54) is 37.5 Å². The van der Waals surface area contributed by atoms with Gasteiger partial charge in [0, 0.05) is 5.54 Å². The molecular weight excluding hydrogens is 355 g/mol. The number of para-hydroxylation sites is 1. The van der Waals surface area contributed by atoms with Crippen LogP contribution < -0.4 is 9.62 Å². The minimum Gasteiger partial charge on any atom is -0.349 e. The van der Waals surface area contributed by atoms with Crippen molar-refractivity contribution in [2.45, 2.75) is 44.1 Å². The van der Waals surface area contributed by atoms with Gasteiger partial charge in [0.1, 0.15) is 12.4 Å². The molecule has 0 spiro atoms. The Morgan fingerprint density at radius 2 is 1.69 bits per heavy atom. The van der Waals surface area contributed by atoms with E-state index in [1.807, 2.05) is 0 Å². The van der Waals surface area contributed by atoms with E-state index in [2.05, 4.69) is 5.32 Å². The maximum atomic E-state index is 14.1. The highest BCUT2D eigenvalue weighted by molar-refractivity contribution is 7.92. The summed E-state index contributed by atoms with van der Waals surface area (Å²) < 4.78 is 39.3. The molecule has 5 rings (SSSR count). The molecule has 0 radical (unpaired) electrons. The van der Waals surface area contributed by atoms with E-state index in [1.54, 1.807) is 6.07 Å². The van der Waals surface area contributed by atoms with Gasteiger partial charge in [-0.25, -0.2) is 12.8 Å². The van der Waals surface area contributed by atoms with Gasteiger partial charge in [0.05, 0.1) is 11.9 Å². The summed E-state index contributed by atoms with van der Waals surface area (Å²) in [5.74, 6) is 1.04. The Morgan fingerprint density at radius 1 is 1.15 bits per heavy atom. The number of carbonyl (C=O) groups is 1. The second-order valence-electron chi connectivity index (χ2n) is 8.47. The summed E-state index contributed by atoms with van der Waals surface area (Å²) in [6, 6.07) is 5.64. The number of hydrogen-bond donors (Lipinski definition) is 1. The fraction of sp³-hybridized carbons (Fsp3) is 0.632. The van der Waals surface area contributed by atoms with Gasteiger partial charge in [-0.2, -0.15) is 0 Å². The Morgan fingerprint density at radius 3 is 2.19 bits per heavy atom. The summed E-state index contributed by atoms with van der Waals surface area (Å²) in [6.45, 7) is -0.387. The van der Waals surface area contributed by atoms with Crippen LogP contribution in [0.15, 0.2) is 24.3 Å². The minimum absolute atomic E-state index is 0.0873. The van der Waals surface area contributed by atoms with Crippen molar-refractivity contribution in [1.82, 2.24) is 5.32 Å². The second kappa shape index (κ2) is 6.22. The number of benzene rings is 1. The molecule has 0 saturated heterocycles. The highest BCUT2D eigenvalue weighted by Crippen LogP contribution is 2.55. The first-order valence-corrected chi connectivity index (χ1v) is 11.1. The lowest BCUT2D eigenvalue weighted by molar-refractivity contribution is -0.125. The molecule has 5 nitrogen and oxygen atoms in total. The molecule has 4 saturated carbocycles. The molecule has 1 amide bonds. The van der Waals surface area contributed by atoms with Gasteiger partial charge in [-0.15, -0.1) is 0 Å². The zero-order valence-corrected chi connectivity index (χ0v) is 15.8.